The Hall–Kier alpha value is -1.19. The first-order valence-corrected chi connectivity index (χ1v) is 10.1. The molecule has 10 heteroatoms. The molecular weight excluding hydrogens is 393 g/mol. The Morgan fingerprint density at radius 3 is 2.42 bits per heavy atom. The monoisotopic (exact) mass is 405 g/mol. The van der Waals surface area contributed by atoms with E-state index in [0.717, 1.165) is 11.3 Å². The second kappa shape index (κ2) is 6.97. The summed E-state index contributed by atoms with van der Waals surface area (Å²) in [4.78, 5) is 17.9. The Morgan fingerprint density at radius 1 is 1.12 bits per heavy atom. The van der Waals surface area contributed by atoms with Crippen LogP contribution in [0, 0.1) is 0 Å². The van der Waals surface area contributed by atoms with Gasteiger partial charge in [0.05, 0.1) is 4.34 Å². The number of nitrogens with zero attached hydrogens (tertiary/aromatic N) is 3. The molecule has 24 heavy (non-hydrogen) atoms. The summed E-state index contributed by atoms with van der Waals surface area (Å²) < 4.78 is 27.1. The molecule has 0 N–H and O–H groups in total. The maximum atomic E-state index is 12.5. The number of hydrogen-bond acceptors (Lipinski definition) is 5. The number of rotatable bonds is 3. The molecule has 0 unspecified atom stereocenters. The summed E-state index contributed by atoms with van der Waals surface area (Å²) in [5.41, 5.74) is 0.441. The molecule has 0 radical (unpaired) electrons. The minimum atomic E-state index is -3.56. The maximum absolute atomic E-state index is 12.5. The normalized spacial score (nSPS) is 16.3. The molecule has 0 aliphatic carbocycles. The highest BCUT2D eigenvalue weighted by molar-refractivity contribution is 7.91. The second-order valence-electron chi connectivity index (χ2n) is 5.12. The fourth-order valence-corrected chi connectivity index (χ4v) is 5.65. The zero-order chi connectivity index (χ0) is 17.3. The zero-order valence-corrected chi connectivity index (χ0v) is 15.5. The van der Waals surface area contributed by atoms with Crippen LogP contribution in [-0.4, -0.2) is 54.7 Å². The van der Waals surface area contributed by atoms with Crippen LogP contribution in [0.3, 0.4) is 0 Å². The van der Waals surface area contributed by atoms with Crippen molar-refractivity contribution in [2.75, 3.05) is 26.2 Å². The number of piperazine rings is 1. The third kappa shape index (κ3) is 3.57. The number of thiophene rings is 1. The Morgan fingerprint density at radius 2 is 1.83 bits per heavy atom. The van der Waals surface area contributed by atoms with Gasteiger partial charge < -0.3 is 4.90 Å². The van der Waals surface area contributed by atoms with Crippen LogP contribution in [0.15, 0.2) is 34.7 Å². The molecule has 1 aliphatic rings. The lowest BCUT2D eigenvalue weighted by atomic mass is 10.2. The second-order valence-corrected chi connectivity index (χ2v) is 9.39. The molecule has 2 aromatic heterocycles. The van der Waals surface area contributed by atoms with Crippen molar-refractivity contribution in [3.63, 3.8) is 0 Å². The predicted molar refractivity (Wildman–Crippen MR) is 93.2 cm³/mol. The lowest BCUT2D eigenvalue weighted by Gasteiger charge is -2.33. The Balaban J connectivity index is 1.68. The molecule has 1 amide bonds. The van der Waals surface area contributed by atoms with Crippen molar-refractivity contribution < 1.29 is 13.2 Å². The zero-order valence-electron chi connectivity index (χ0n) is 12.4. The van der Waals surface area contributed by atoms with E-state index >= 15 is 0 Å². The standard InChI is InChI=1S/C14H13Cl2N3O3S2/c15-11-9-10(3-4-17-11)14(20)18-5-7-19(8-6-18)24(21,22)13-2-1-12(16)23-13/h1-4,9H,5-8H2. The van der Waals surface area contributed by atoms with E-state index < -0.39 is 10.0 Å². The Bertz CT molecular complexity index is 862. The summed E-state index contributed by atoms with van der Waals surface area (Å²) in [6.45, 7) is 1.11. The minimum absolute atomic E-state index is 0.185. The van der Waals surface area contributed by atoms with Crippen LogP contribution in [-0.2, 0) is 10.0 Å². The summed E-state index contributed by atoms with van der Waals surface area (Å²) in [5.74, 6) is -0.185. The summed E-state index contributed by atoms with van der Waals surface area (Å²) in [6, 6.07) is 6.15. The van der Waals surface area contributed by atoms with Crippen molar-refractivity contribution in [2.45, 2.75) is 4.21 Å². The molecule has 0 spiro atoms. The van der Waals surface area contributed by atoms with E-state index in [9.17, 15) is 13.2 Å². The van der Waals surface area contributed by atoms with Crippen LogP contribution in [0.2, 0.25) is 9.49 Å². The van der Waals surface area contributed by atoms with Gasteiger partial charge in [0.1, 0.15) is 9.36 Å². The van der Waals surface area contributed by atoms with Crippen LogP contribution in [0.5, 0.6) is 0 Å². The molecule has 1 aliphatic heterocycles. The van der Waals surface area contributed by atoms with Crippen molar-refractivity contribution in [1.29, 1.82) is 0 Å². The van der Waals surface area contributed by atoms with Gasteiger partial charge in [-0.25, -0.2) is 13.4 Å². The molecule has 1 fully saturated rings. The van der Waals surface area contributed by atoms with Gasteiger partial charge in [0.25, 0.3) is 15.9 Å². The van der Waals surface area contributed by atoms with E-state index in [1.54, 1.807) is 17.0 Å². The van der Waals surface area contributed by atoms with Gasteiger partial charge in [0, 0.05) is 37.9 Å². The lowest BCUT2D eigenvalue weighted by molar-refractivity contribution is 0.0698. The molecule has 6 nitrogen and oxygen atoms in total. The molecule has 3 heterocycles. The van der Waals surface area contributed by atoms with Gasteiger partial charge in [-0.1, -0.05) is 23.2 Å². The largest absolute Gasteiger partial charge is 0.336 e. The predicted octanol–water partition coefficient (Wildman–Crippen LogP) is 2.60. The number of sulfonamides is 1. The first-order valence-electron chi connectivity index (χ1n) is 7.04. The summed E-state index contributed by atoms with van der Waals surface area (Å²) in [5, 5.41) is 0.247. The van der Waals surface area contributed by atoms with Crippen molar-refractivity contribution >= 4 is 50.5 Å². The third-order valence-corrected chi connectivity index (χ3v) is 7.45. The summed E-state index contributed by atoms with van der Waals surface area (Å²) in [6.07, 6.45) is 1.47. The average molecular weight is 406 g/mol. The van der Waals surface area contributed by atoms with Gasteiger partial charge >= 0.3 is 0 Å². The van der Waals surface area contributed by atoms with Crippen molar-refractivity contribution in [3.05, 3.63) is 45.5 Å². The number of carbonyl (C=O) groups is 1. The lowest BCUT2D eigenvalue weighted by Crippen LogP contribution is -2.50. The van der Waals surface area contributed by atoms with E-state index in [0.29, 0.717) is 23.0 Å². The first-order chi connectivity index (χ1) is 11.4. The van der Waals surface area contributed by atoms with Crippen LogP contribution >= 0.6 is 34.5 Å². The van der Waals surface area contributed by atoms with Gasteiger partial charge in [-0.3, -0.25) is 4.79 Å². The highest BCUT2D eigenvalue weighted by Gasteiger charge is 2.31. The van der Waals surface area contributed by atoms with E-state index in [2.05, 4.69) is 4.98 Å². The van der Waals surface area contributed by atoms with Crippen LogP contribution in [0.1, 0.15) is 10.4 Å². The fourth-order valence-electron chi connectivity index (χ4n) is 2.41. The van der Waals surface area contributed by atoms with Gasteiger partial charge in [-0.05, 0) is 24.3 Å². The fraction of sp³-hybridized carbons (Fsp3) is 0.286. The number of hydrogen-bond donors (Lipinski definition) is 0. The highest BCUT2D eigenvalue weighted by atomic mass is 35.5. The molecular formula is C14H13Cl2N3O3S2. The van der Waals surface area contributed by atoms with Gasteiger partial charge in [-0.2, -0.15) is 4.31 Å². The SMILES string of the molecule is O=C(c1ccnc(Cl)c1)N1CCN(S(=O)(=O)c2ccc(Cl)s2)CC1. The van der Waals surface area contributed by atoms with E-state index in [-0.39, 0.29) is 28.4 Å². The first kappa shape index (κ1) is 17.6. The molecule has 0 bridgehead atoms. The molecule has 3 rings (SSSR count). The van der Waals surface area contributed by atoms with Gasteiger partial charge in [0.15, 0.2) is 0 Å². The smallest absolute Gasteiger partial charge is 0.254 e. The van der Waals surface area contributed by atoms with Crippen molar-refractivity contribution in [1.82, 2.24) is 14.2 Å². The van der Waals surface area contributed by atoms with Crippen molar-refractivity contribution in [2.24, 2.45) is 0 Å². The molecule has 1 saturated heterocycles. The summed E-state index contributed by atoms with van der Waals surface area (Å²) in [7, 11) is -3.56. The topological polar surface area (TPSA) is 70.6 Å². The average Bonchev–Trinajstić information content (AvgIpc) is 3.01. The quantitative estimate of drug-likeness (QED) is 0.735. The maximum Gasteiger partial charge on any atom is 0.254 e. The summed E-state index contributed by atoms with van der Waals surface area (Å²) >= 11 is 12.6. The molecule has 0 aromatic carbocycles. The van der Waals surface area contributed by atoms with E-state index in [4.69, 9.17) is 23.2 Å². The van der Waals surface area contributed by atoms with Gasteiger partial charge in [0.2, 0.25) is 0 Å². The van der Waals surface area contributed by atoms with Crippen LogP contribution < -0.4 is 0 Å². The number of aromatic nitrogens is 1. The van der Waals surface area contributed by atoms with E-state index in [1.165, 1.54) is 22.6 Å². The van der Waals surface area contributed by atoms with Crippen molar-refractivity contribution in [3.8, 4) is 0 Å². The molecule has 128 valence electrons. The molecule has 0 atom stereocenters. The molecule has 2 aromatic rings. The third-order valence-electron chi connectivity index (χ3n) is 3.64. The number of carbonyl (C=O) groups excluding carboxylic acids is 1. The number of halogens is 2. The van der Waals surface area contributed by atoms with Gasteiger partial charge in [-0.15, -0.1) is 11.3 Å². The molecule has 0 saturated carbocycles. The number of amides is 1. The minimum Gasteiger partial charge on any atom is -0.336 e. The highest BCUT2D eigenvalue weighted by Crippen LogP contribution is 2.28. The van der Waals surface area contributed by atoms with E-state index in [1.807, 2.05) is 0 Å². The Labute approximate surface area is 153 Å². The van der Waals surface area contributed by atoms with Crippen LogP contribution in [0.4, 0.5) is 0 Å². The number of pyridine rings is 1. The Kier molecular flexibility index (Phi) is 5.12. The van der Waals surface area contributed by atoms with Crippen LogP contribution in [0.25, 0.3) is 0 Å².